The van der Waals surface area contributed by atoms with E-state index >= 15 is 0 Å². The predicted octanol–water partition coefficient (Wildman–Crippen LogP) is 1.84. The zero-order valence-corrected chi connectivity index (χ0v) is 15.5. The lowest BCUT2D eigenvalue weighted by Gasteiger charge is -2.11. The molecular formula is C19H14N6O5. The van der Waals surface area contributed by atoms with E-state index in [1.54, 1.807) is 24.3 Å². The minimum Gasteiger partial charge on any atom is -0.347 e. The first-order valence-electron chi connectivity index (χ1n) is 8.67. The SMILES string of the molecule is CC(=O)N(N)C(=O)c1ccc2[nH]c(-c3nc4ccccc4[nH]c3=O)c([N+](=O)[O-])c2c1. The number of nitrogens with two attached hydrogens (primary N) is 1. The fraction of sp³-hybridized carbons (Fsp3) is 0.0526. The van der Waals surface area contributed by atoms with Crippen LogP contribution in [-0.2, 0) is 4.79 Å². The molecule has 0 bridgehead atoms. The summed E-state index contributed by atoms with van der Waals surface area (Å²) in [6, 6.07) is 10.8. The first-order chi connectivity index (χ1) is 14.3. The molecule has 4 N–H and O–H groups in total. The van der Waals surface area contributed by atoms with Crippen LogP contribution in [0.25, 0.3) is 33.3 Å². The van der Waals surface area contributed by atoms with Crippen molar-refractivity contribution < 1.29 is 14.5 Å². The Kier molecular flexibility index (Phi) is 4.36. The van der Waals surface area contributed by atoms with Crippen molar-refractivity contribution in [1.29, 1.82) is 0 Å². The second-order valence-electron chi connectivity index (χ2n) is 6.49. The molecule has 30 heavy (non-hydrogen) atoms. The Morgan fingerprint density at radius 3 is 2.57 bits per heavy atom. The van der Waals surface area contributed by atoms with Crippen LogP contribution in [0.2, 0.25) is 0 Å². The van der Waals surface area contributed by atoms with Crippen LogP contribution in [0.4, 0.5) is 5.69 Å². The molecular weight excluding hydrogens is 392 g/mol. The van der Waals surface area contributed by atoms with Crippen molar-refractivity contribution in [3.63, 3.8) is 0 Å². The summed E-state index contributed by atoms with van der Waals surface area (Å²) in [5.74, 6) is 3.94. The van der Waals surface area contributed by atoms with Gasteiger partial charge in [0.05, 0.1) is 26.9 Å². The summed E-state index contributed by atoms with van der Waals surface area (Å²) in [5.41, 5.74) is -0.0373. The molecule has 0 atom stereocenters. The number of rotatable bonds is 3. The topological polar surface area (TPSA) is 168 Å². The van der Waals surface area contributed by atoms with Crippen LogP contribution in [0.15, 0.2) is 47.3 Å². The average Bonchev–Trinajstić information content (AvgIpc) is 3.10. The number of aromatic amines is 2. The lowest BCUT2D eigenvalue weighted by atomic mass is 10.1. The third-order valence-electron chi connectivity index (χ3n) is 4.60. The summed E-state index contributed by atoms with van der Waals surface area (Å²) in [5, 5.41) is 12.3. The first kappa shape index (κ1) is 19.0. The molecule has 0 aliphatic carbocycles. The molecule has 2 aromatic carbocycles. The highest BCUT2D eigenvalue weighted by Crippen LogP contribution is 2.35. The quantitative estimate of drug-likeness (QED) is 0.202. The predicted molar refractivity (Wildman–Crippen MR) is 107 cm³/mol. The number of para-hydroxylation sites is 2. The molecule has 150 valence electrons. The molecule has 0 radical (unpaired) electrons. The molecule has 0 saturated carbocycles. The van der Waals surface area contributed by atoms with Gasteiger partial charge in [-0.15, -0.1) is 0 Å². The number of nitrogens with zero attached hydrogens (tertiary/aromatic N) is 3. The monoisotopic (exact) mass is 406 g/mol. The number of benzene rings is 2. The molecule has 0 fully saturated rings. The van der Waals surface area contributed by atoms with E-state index in [9.17, 15) is 24.5 Å². The van der Waals surface area contributed by atoms with E-state index in [0.29, 0.717) is 21.6 Å². The Hall–Kier alpha value is -4.38. The number of hydrogen-bond donors (Lipinski definition) is 3. The number of aromatic nitrogens is 3. The molecule has 4 rings (SSSR count). The fourth-order valence-electron chi connectivity index (χ4n) is 3.15. The highest BCUT2D eigenvalue weighted by molar-refractivity contribution is 6.07. The Balaban J connectivity index is 1.96. The van der Waals surface area contributed by atoms with Gasteiger partial charge >= 0.3 is 5.69 Å². The molecule has 0 aliphatic rings. The van der Waals surface area contributed by atoms with Gasteiger partial charge in [0.15, 0.2) is 5.69 Å². The molecule has 11 heteroatoms. The average molecular weight is 406 g/mol. The fourth-order valence-corrected chi connectivity index (χ4v) is 3.15. The molecule has 4 aromatic rings. The normalized spacial score (nSPS) is 11.0. The van der Waals surface area contributed by atoms with Crippen molar-refractivity contribution in [2.24, 2.45) is 5.84 Å². The lowest BCUT2D eigenvalue weighted by Crippen LogP contribution is -2.41. The van der Waals surface area contributed by atoms with E-state index < -0.39 is 28.0 Å². The van der Waals surface area contributed by atoms with Crippen LogP contribution < -0.4 is 11.4 Å². The number of hydrazine groups is 1. The number of hydrogen-bond acceptors (Lipinski definition) is 7. The summed E-state index contributed by atoms with van der Waals surface area (Å²) < 4.78 is 0. The molecule has 0 saturated heterocycles. The van der Waals surface area contributed by atoms with Crippen molar-refractivity contribution in [3.05, 3.63) is 68.5 Å². The summed E-state index contributed by atoms with van der Waals surface area (Å²) in [4.78, 5) is 57.2. The van der Waals surface area contributed by atoms with Gasteiger partial charge in [-0.25, -0.2) is 15.8 Å². The summed E-state index contributed by atoms with van der Waals surface area (Å²) in [6.45, 7) is 1.12. The lowest BCUT2D eigenvalue weighted by molar-refractivity contribution is -0.382. The second-order valence-corrected chi connectivity index (χ2v) is 6.49. The summed E-state index contributed by atoms with van der Waals surface area (Å²) in [6.07, 6.45) is 0. The third-order valence-corrected chi connectivity index (χ3v) is 4.60. The van der Waals surface area contributed by atoms with Gasteiger partial charge < -0.3 is 9.97 Å². The van der Waals surface area contributed by atoms with Gasteiger partial charge in [-0.05, 0) is 30.3 Å². The maximum atomic E-state index is 12.5. The Labute approximate surface area is 167 Å². The number of carbonyl (C=O) groups is 2. The Bertz CT molecular complexity index is 1420. The van der Waals surface area contributed by atoms with Crippen LogP contribution in [0.5, 0.6) is 0 Å². The molecule has 2 heterocycles. The smallest absolute Gasteiger partial charge is 0.304 e. The van der Waals surface area contributed by atoms with Crippen LogP contribution in [-0.4, -0.2) is 36.7 Å². The zero-order valence-electron chi connectivity index (χ0n) is 15.5. The number of carbonyl (C=O) groups excluding carboxylic acids is 2. The third kappa shape index (κ3) is 2.99. The van der Waals surface area contributed by atoms with Gasteiger partial charge in [0, 0.05) is 12.5 Å². The number of H-pyrrole nitrogens is 2. The van der Waals surface area contributed by atoms with Crippen molar-refractivity contribution in [1.82, 2.24) is 20.0 Å². The molecule has 0 aliphatic heterocycles. The van der Waals surface area contributed by atoms with Crippen LogP contribution in [0, 0.1) is 10.1 Å². The van der Waals surface area contributed by atoms with Crippen molar-refractivity contribution >= 4 is 39.4 Å². The number of nitro groups is 1. The second kappa shape index (κ2) is 6.90. The highest BCUT2D eigenvalue weighted by Gasteiger charge is 2.27. The molecule has 0 spiro atoms. The number of fused-ring (bicyclic) bond motifs is 2. The molecule has 2 aromatic heterocycles. The van der Waals surface area contributed by atoms with Crippen molar-refractivity contribution in [2.45, 2.75) is 6.92 Å². The molecule has 11 nitrogen and oxygen atoms in total. The Morgan fingerprint density at radius 1 is 1.13 bits per heavy atom. The molecule has 2 amide bonds. The first-order valence-corrected chi connectivity index (χ1v) is 8.67. The van der Waals surface area contributed by atoms with Gasteiger partial charge in [-0.2, -0.15) is 0 Å². The summed E-state index contributed by atoms with van der Waals surface area (Å²) in [7, 11) is 0. The minimum absolute atomic E-state index is 0.0192. The van der Waals surface area contributed by atoms with Gasteiger partial charge in [0.25, 0.3) is 11.5 Å². The van der Waals surface area contributed by atoms with E-state index in [1.807, 2.05) is 0 Å². The maximum Gasteiger partial charge on any atom is 0.304 e. The van der Waals surface area contributed by atoms with E-state index in [0.717, 1.165) is 6.92 Å². The maximum absolute atomic E-state index is 12.5. The van der Waals surface area contributed by atoms with E-state index in [-0.39, 0.29) is 22.3 Å². The van der Waals surface area contributed by atoms with Crippen LogP contribution in [0.1, 0.15) is 17.3 Å². The van der Waals surface area contributed by atoms with Gasteiger partial charge in [0.2, 0.25) is 5.91 Å². The van der Waals surface area contributed by atoms with E-state index in [1.165, 1.54) is 18.2 Å². The van der Waals surface area contributed by atoms with E-state index in [2.05, 4.69) is 15.0 Å². The van der Waals surface area contributed by atoms with Crippen LogP contribution >= 0.6 is 0 Å². The highest BCUT2D eigenvalue weighted by atomic mass is 16.6. The molecule has 0 unspecified atom stereocenters. The summed E-state index contributed by atoms with van der Waals surface area (Å²) >= 11 is 0. The standard InChI is InChI=1S/C19H14N6O5/c1-9(26)24(20)19(28)10-6-7-12-11(8-10)17(25(29)30)15(21-12)16-18(27)23-14-5-3-2-4-13(14)22-16/h2-8,21H,20H2,1H3,(H,23,27). The van der Waals surface area contributed by atoms with Gasteiger partial charge in [-0.1, -0.05) is 12.1 Å². The number of amides is 2. The van der Waals surface area contributed by atoms with E-state index in [4.69, 9.17) is 5.84 Å². The zero-order chi connectivity index (χ0) is 21.6. The van der Waals surface area contributed by atoms with Gasteiger partial charge in [0.1, 0.15) is 5.69 Å². The van der Waals surface area contributed by atoms with Gasteiger partial charge in [-0.3, -0.25) is 24.5 Å². The Morgan fingerprint density at radius 2 is 1.87 bits per heavy atom. The van der Waals surface area contributed by atoms with Crippen molar-refractivity contribution in [3.8, 4) is 11.4 Å². The van der Waals surface area contributed by atoms with Crippen LogP contribution in [0.3, 0.4) is 0 Å². The minimum atomic E-state index is -0.817. The number of nitrogens with one attached hydrogen (secondary N) is 2. The van der Waals surface area contributed by atoms with Crippen molar-refractivity contribution in [2.75, 3.05) is 0 Å². The number of imide groups is 1. The largest absolute Gasteiger partial charge is 0.347 e.